The van der Waals surface area contributed by atoms with Crippen LogP contribution in [0.2, 0.25) is 0 Å². The predicted molar refractivity (Wildman–Crippen MR) is 85.7 cm³/mol. The number of hydrogen-bond acceptors (Lipinski definition) is 5. The topological polar surface area (TPSA) is 38.9 Å². The van der Waals surface area contributed by atoms with Crippen molar-refractivity contribution in [1.29, 1.82) is 0 Å². The van der Waals surface area contributed by atoms with Gasteiger partial charge in [0.05, 0.1) is 10.9 Å². The van der Waals surface area contributed by atoms with Crippen LogP contribution in [0.25, 0.3) is 0 Å². The van der Waals surface area contributed by atoms with Gasteiger partial charge in [-0.25, -0.2) is 4.98 Å². The first-order valence-corrected chi connectivity index (χ1v) is 9.63. The molecule has 0 bridgehead atoms. The Hall–Kier alpha value is 0.290. The zero-order valence-electron chi connectivity index (χ0n) is 11.1. The minimum atomic E-state index is 0.592. The maximum atomic E-state index is 5.85. The third kappa shape index (κ3) is 3.24. The van der Waals surface area contributed by atoms with Gasteiger partial charge in [0.1, 0.15) is 5.01 Å². The van der Waals surface area contributed by atoms with Crippen LogP contribution in [0.3, 0.4) is 0 Å². The number of nitrogens with zero attached hydrogens (tertiary/aromatic N) is 1. The van der Waals surface area contributed by atoms with Crippen molar-refractivity contribution in [3.05, 3.63) is 15.6 Å². The number of thiazole rings is 1. The van der Waals surface area contributed by atoms with Crippen LogP contribution >= 0.6 is 34.9 Å². The second-order valence-electron chi connectivity index (χ2n) is 4.48. The molecule has 1 fully saturated rings. The molecule has 2 unspecified atom stereocenters. The highest BCUT2D eigenvalue weighted by molar-refractivity contribution is 8.06. The van der Waals surface area contributed by atoms with Gasteiger partial charge in [0, 0.05) is 28.2 Å². The Bertz CT molecular complexity index is 378. The fourth-order valence-corrected chi connectivity index (χ4v) is 6.66. The SMILES string of the molecule is CCCc1nc(C2SCCSC2CC)sc1CN. The highest BCUT2D eigenvalue weighted by Gasteiger charge is 2.29. The third-order valence-electron chi connectivity index (χ3n) is 3.16. The minimum absolute atomic E-state index is 0.592. The van der Waals surface area contributed by atoms with Crippen molar-refractivity contribution in [2.75, 3.05) is 11.5 Å². The first-order chi connectivity index (χ1) is 8.80. The fraction of sp³-hybridized carbons (Fsp3) is 0.769. The molecule has 2 nitrogen and oxygen atoms in total. The summed E-state index contributed by atoms with van der Waals surface area (Å²) >= 11 is 6.06. The van der Waals surface area contributed by atoms with Crippen LogP contribution in [0.5, 0.6) is 0 Å². The number of nitrogens with two attached hydrogens (primary N) is 1. The summed E-state index contributed by atoms with van der Waals surface area (Å²) < 4.78 is 0. The van der Waals surface area contributed by atoms with Gasteiger partial charge in [0.15, 0.2) is 0 Å². The Balaban J connectivity index is 2.20. The summed E-state index contributed by atoms with van der Waals surface area (Å²) in [6.07, 6.45) is 3.47. The summed E-state index contributed by atoms with van der Waals surface area (Å²) in [6.45, 7) is 5.15. The molecule has 0 saturated carbocycles. The van der Waals surface area contributed by atoms with E-state index in [0.717, 1.165) is 18.1 Å². The lowest BCUT2D eigenvalue weighted by atomic mass is 10.2. The van der Waals surface area contributed by atoms with Gasteiger partial charge < -0.3 is 5.73 Å². The average molecular weight is 303 g/mol. The van der Waals surface area contributed by atoms with E-state index in [1.165, 1.54) is 33.5 Å². The number of hydrogen-bond donors (Lipinski definition) is 1. The van der Waals surface area contributed by atoms with Gasteiger partial charge in [0.25, 0.3) is 0 Å². The Labute approximate surface area is 123 Å². The van der Waals surface area contributed by atoms with E-state index in [1.807, 2.05) is 11.3 Å². The molecule has 18 heavy (non-hydrogen) atoms. The van der Waals surface area contributed by atoms with E-state index in [2.05, 4.69) is 37.4 Å². The van der Waals surface area contributed by atoms with Gasteiger partial charge in [-0.3, -0.25) is 0 Å². The Kier molecular flexibility index (Phi) is 5.86. The van der Waals surface area contributed by atoms with Crippen molar-refractivity contribution in [1.82, 2.24) is 4.98 Å². The van der Waals surface area contributed by atoms with Crippen LogP contribution in [-0.2, 0) is 13.0 Å². The van der Waals surface area contributed by atoms with E-state index in [1.54, 1.807) is 0 Å². The van der Waals surface area contributed by atoms with Crippen molar-refractivity contribution in [3.63, 3.8) is 0 Å². The smallest absolute Gasteiger partial charge is 0.107 e. The van der Waals surface area contributed by atoms with Crippen molar-refractivity contribution in [2.45, 2.75) is 50.2 Å². The molecule has 1 saturated heterocycles. The normalized spacial score (nSPS) is 24.4. The largest absolute Gasteiger partial charge is 0.326 e. The summed E-state index contributed by atoms with van der Waals surface area (Å²) in [7, 11) is 0. The predicted octanol–water partition coefficient (Wildman–Crippen LogP) is 3.85. The van der Waals surface area contributed by atoms with Crippen LogP contribution in [0, 0.1) is 0 Å². The summed E-state index contributed by atoms with van der Waals surface area (Å²) in [4.78, 5) is 6.20. The monoisotopic (exact) mass is 302 g/mol. The quantitative estimate of drug-likeness (QED) is 0.896. The standard InChI is InChI=1S/C13H22N2S3/c1-3-5-9-11(8-14)18-13(15-9)12-10(4-2)16-6-7-17-12/h10,12H,3-8,14H2,1-2H3. The second-order valence-corrected chi connectivity index (χ2v) is 8.20. The van der Waals surface area contributed by atoms with Gasteiger partial charge in [-0.05, 0) is 12.8 Å². The zero-order chi connectivity index (χ0) is 13.0. The molecule has 2 atom stereocenters. The van der Waals surface area contributed by atoms with Crippen molar-refractivity contribution in [2.24, 2.45) is 5.73 Å². The third-order valence-corrected chi connectivity index (χ3v) is 7.77. The Morgan fingerprint density at radius 1 is 1.28 bits per heavy atom. The molecule has 1 aliphatic heterocycles. The van der Waals surface area contributed by atoms with Gasteiger partial charge >= 0.3 is 0 Å². The number of rotatable bonds is 5. The molecule has 0 radical (unpaired) electrons. The fourth-order valence-electron chi connectivity index (χ4n) is 2.25. The summed E-state index contributed by atoms with van der Waals surface area (Å²) in [5.41, 5.74) is 7.10. The van der Waals surface area contributed by atoms with Gasteiger partial charge in [0.2, 0.25) is 0 Å². The van der Waals surface area contributed by atoms with Gasteiger partial charge in [-0.2, -0.15) is 11.8 Å². The second kappa shape index (κ2) is 7.17. The maximum Gasteiger partial charge on any atom is 0.107 e. The lowest BCUT2D eigenvalue weighted by Crippen LogP contribution is -2.18. The number of aryl methyl sites for hydroxylation is 1. The molecule has 2 heterocycles. The summed E-state index contributed by atoms with van der Waals surface area (Å²) in [6, 6.07) is 0. The van der Waals surface area contributed by atoms with Crippen molar-refractivity contribution >= 4 is 34.9 Å². The number of aromatic nitrogens is 1. The first kappa shape index (κ1) is 14.7. The first-order valence-electron chi connectivity index (χ1n) is 6.71. The molecule has 2 rings (SSSR count). The van der Waals surface area contributed by atoms with E-state index >= 15 is 0 Å². The lowest BCUT2D eigenvalue weighted by molar-refractivity contribution is 0.779. The van der Waals surface area contributed by atoms with Crippen molar-refractivity contribution < 1.29 is 0 Å². The molecule has 0 aliphatic carbocycles. The Morgan fingerprint density at radius 3 is 2.72 bits per heavy atom. The molecule has 102 valence electrons. The number of thioether (sulfide) groups is 2. The lowest BCUT2D eigenvalue weighted by Gasteiger charge is -2.28. The van der Waals surface area contributed by atoms with E-state index < -0.39 is 0 Å². The molecular formula is C13H22N2S3. The van der Waals surface area contributed by atoms with Crippen LogP contribution in [0.15, 0.2) is 0 Å². The molecule has 1 aromatic rings. The van der Waals surface area contributed by atoms with E-state index in [0.29, 0.717) is 11.8 Å². The van der Waals surface area contributed by atoms with Crippen molar-refractivity contribution in [3.8, 4) is 0 Å². The van der Waals surface area contributed by atoms with Crippen LogP contribution in [-0.4, -0.2) is 21.7 Å². The van der Waals surface area contributed by atoms with Gasteiger partial charge in [-0.15, -0.1) is 23.1 Å². The average Bonchev–Trinajstić information content (AvgIpc) is 2.82. The molecule has 0 aromatic carbocycles. The molecule has 0 amide bonds. The molecule has 1 aromatic heterocycles. The maximum absolute atomic E-state index is 5.85. The zero-order valence-corrected chi connectivity index (χ0v) is 13.6. The molecule has 0 spiro atoms. The van der Waals surface area contributed by atoms with Crippen LogP contribution < -0.4 is 5.73 Å². The van der Waals surface area contributed by atoms with Crippen LogP contribution in [0.4, 0.5) is 0 Å². The van der Waals surface area contributed by atoms with E-state index in [-0.39, 0.29) is 0 Å². The van der Waals surface area contributed by atoms with Crippen LogP contribution in [0.1, 0.15) is 47.5 Å². The van der Waals surface area contributed by atoms with E-state index in [9.17, 15) is 0 Å². The highest BCUT2D eigenvalue weighted by Crippen LogP contribution is 2.45. The minimum Gasteiger partial charge on any atom is -0.326 e. The Morgan fingerprint density at radius 2 is 2.06 bits per heavy atom. The van der Waals surface area contributed by atoms with Gasteiger partial charge in [-0.1, -0.05) is 20.3 Å². The molecule has 1 aliphatic rings. The molecule has 2 N–H and O–H groups in total. The molecular weight excluding hydrogens is 280 g/mol. The van der Waals surface area contributed by atoms with E-state index in [4.69, 9.17) is 10.7 Å². The summed E-state index contributed by atoms with van der Waals surface area (Å²) in [5, 5.41) is 2.65. The highest BCUT2D eigenvalue weighted by atomic mass is 32.2. The summed E-state index contributed by atoms with van der Waals surface area (Å²) in [5.74, 6) is 2.54. The molecule has 5 heteroatoms.